The Hall–Kier alpha value is -1.77. The number of hydrogen-bond donors (Lipinski definition) is 1. The van der Waals surface area contributed by atoms with E-state index in [4.69, 9.17) is 4.74 Å². The molecule has 0 heterocycles. The quantitative estimate of drug-likeness (QED) is 0.831. The highest BCUT2D eigenvalue weighted by Gasteiger charge is 2.10. The highest BCUT2D eigenvalue weighted by molar-refractivity contribution is 5.92. The highest BCUT2D eigenvalue weighted by atomic mass is 16.5. The van der Waals surface area contributed by atoms with Gasteiger partial charge in [0.1, 0.15) is 5.75 Å². The highest BCUT2D eigenvalue weighted by Crippen LogP contribution is 2.13. The summed E-state index contributed by atoms with van der Waals surface area (Å²) >= 11 is 0. The van der Waals surface area contributed by atoms with Gasteiger partial charge in [0.05, 0.1) is 6.61 Å². The molecule has 0 saturated heterocycles. The Labute approximate surface area is 109 Å². The Morgan fingerprint density at radius 2 is 1.89 bits per heavy atom. The minimum Gasteiger partial charge on any atom is -0.494 e. The first-order chi connectivity index (χ1) is 8.40. The van der Waals surface area contributed by atoms with Crippen molar-refractivity contribution in [3.05, 3.63) is 35.9 Å². The molecule has 1 rings (SSSR count). The number of amides is 1. The standard InChI is InChI=1S/C15H21NO2/c1-5-18-13-9-6-12(7-10-13)8-11-14(17)16-15(2,3)4/h6-11H,5H2,1-4H3,(H,16,17)/b11-8-. The number of hydrogen-bond acceptors (Lipinski definition) is 2. The van der Waals surface area contributed by atoms with E-state index in [0.717, 1.165) is 11.3 Å². The van der Waals surface area contributed by atoms with Crippen molar-refractivity contribution >= 4 is 12.0 Å². The molecular weight excluding hydrogens is 226 g/mol. The van der Waals surface area contributed by atoms with Crippen LogP contribution >= 0.6 is 0 Å². The fourth-order valence-corrected chi connectivity index (χ4v) is 1.43. The molecule has 1 aromatic rings. The Morgan fingerprint density at radius 1 is 1.28 bits per heavy atom. The molecule has 18 heavy (non-hydrogen) atoms. The summed E-state index contributed by atoms with van der Waals surface area (Å²) in [6, 6.07) is 7.63. The first kappa shape index (κ1) is 14.3. The van der Waals surface area contributed by atoms with Crippen molar-refractivity contribution in [3.8, 4) is 5.75 Å². The molecule has 3 nitrogen and oxygen atoms in total. The molecule has 0 spiro atoms. The third kappa shape index (κ3) is 5.53. The van der Waals surface area contributed by atoms with Crippen LogP contribution in [-0.4, -0.2) is 18.1 Å². The van der Waals surface area contributed by atoms with Crippen molar-refractivity contribution in [1.82, 2.24) is 5.32 Å². The van der Waals surface area contributed by atoms with Crippen molar-refractivity contribution in [2.24, 2.45) is 0 Å². The predicted octanol–water partition coefficient (Wildman–Crippen LogP) is 3.01. The SMILES string of the molecule is CCOc1ccc(/C=C\C(=O)NC(C)(C)C)cc1. The second-order valence-electron chi connectivity index (χ2n) is 5.07. The van der Waals surface area contributed by atoms with Gasteiger partial charge in [0.15, 0.2) is 0 Å². The van der Waals surface area contributed by atoms with Gasteiger partial charge in [-0.1, -0.05) is 12.1 Å². The average molecular weight is 247 g/mol. The fraction of sp³-hybridized carbons (Fsp3) is 0.400. The molecule has 1 aromatic carbocycles. The predicted molar refractivity (Wildman–Crippen MR) is 74.5 cm³/mol. The van der Waals surface area contributed by atoms with Gasteiger partial charge >= 0.3 is 0 Å². The summed E-state index contributed by atoms with van der Waals surface area (Å²) < 4.78 is 5.35. The van der Waals surface area contributed by atoms with Crippen LogP contribution in [-0.2, 0) is 4.79 Å². The first-order valence-electron chi connectivity index (χ1n) is 6.14. The van der Waals surface area contributed by atoms with E-state index in [-0.39, 0.29) is 11.4 Å². The molecule has 3 heteroatoms. The van der Waals surface area contributed by atoms with Gasteiger partial charge in [-0.15, -0.1) is 0 Å². The molecule has 0 aliphatic carbocycles. The van der Waals surface area contributed by atoms with Crippen LogP contribution in [0.25, 0.3) is 6.08 Å². The van der Waals surface area contributed by atoms with Gasteiger partial charge < -0.3 is 10.1 Å². The van der Waals surface area contributed by atoms with Crippen LogP contribution in [0.5, 0.6) is 5.75 Å². The van der Waals surface area contributed by atoms with Gasteiger partial charge in [-0.3, -0.25) is 4.79 Å². The van der Waals surface area contributed by atoms with E-state index in [2.05, 4.69) is 5.32 Å². The molecule has 0 bridgehead atoms. The van der Waals surface area contributed by atoms with Gasteiger partial charge in [0, 0.05) is 11.6 Å². The third-order valence-corrected chi connectivity index (χ3v) is 2.12. The second-order valence-corrected chi connectivity index (χ2v) is 5.07. The third-order valence-electron chi connectivity index (χ3n) is 2.12. The molecule has 0 atom stereocenters. The Balaban J connectivity index is 2.59. The van der Waals surface area contributed by atoms with Crippen LogP contribution in [0.1, 0.15) is 33.3 Å². The number of carbonyl (C=O) groups excluding carboxylic acids is 1. The largest absolute Gasteiger partial charge is 0.494 e. The van der Waals surface area contributed by atoms with E-state index in [0.29, 0.717) is 6.61 Å². The summed E-state index contributed by atoms with van der Waals surface area (Å²) in [7, 11) is 0. The Morgan fingerprint density at radius 3 is 2.39 bits per heavy atom. The lowest BCUT2D eigenvalue weighted by molar-refractivity contribution is -0.117. The van der Waals surface area contributed by atoms with Crippen molar-refractivity contribution < 1.29 is 9.53 Å². The normalized spacial score (nSPS) is 11.6. The average Bonchev–Trinajstić information content (AvgIpc) is 2.26. The smallest absolute Gasteiger partial charge is 0.244 e. The summed E-state index contributed by atoms with van der Waals surface area (Å²) in [5.41, 5.74) is 0.766. The van der Waals surface area contributed by atoms with Gasteiger partial charge in [0.2, 0.25) is 5.91 Å². The zero-order valence-corrected chi connectivity index (χ0v) is 11.5. The van der Waals surface area contributed by atoms with Crippen molar-refractivity contribution in [2.75, 3.05) is 6.61 Å². The lowest BCUT2D eigenvalue weighted by Crippen LogP contribution is -2.39. The van der Waals surface area contributed by atoms with Crippen molar-refractivity contribution in [1.29, 1.82) is 0 Å². The zero-order valence-electron chi connectivity index (χ0n) is 11.5. The molecule has 0 aliphatic heterocycles. The van der Waals surface area contributed by atoms with Crippen molar-refractivity contribution in [2.45, 2.75) is 33.2 Å². The molecule has 0 radical (unpaired) electrons. The Kier molecular flexibility index (Phi) is 4.95. The number of carbonyl (C=O) groups is 1. The number of nitrogens with one attached hydrogen (secondary N) is 1. The van der Waals surface area contributed by atoms with Crippen LogP contribution in [0.15, 0.2) is 30.3 Å². The number of ether oxygens (including phenoxy) is 1. The minimum absolute atomic E-state index is 0.0867. The van der Waals surface area contributed by atoms with Crippen LogP contribution in [0.4, 0.5) is 0 Å². The second kappa shape index (κ2) is 6.24. The van der Waals surface area contributed by atoms with Crippen LogP contribution in [0, 0.1) is 0 Å². The minimum atomic E-state index is -0.208. The van der Waals surface area contributed by atoms with Crippen molar-refractivity contribution in [3.63, 3.8) is 0 Å². The molecule has 0 aliphatic rings. The van der Waals surface area contributed by atoms with Crippen LogP contribution in [0.3, 0.4) is 0 Å². The van der Waals surface area contributed by atoms with E-state index in [1.807, 2.05) is 52.0 Å². The maximum absolute atomic E-state index is 11.6. The number of rotatable bonds is 4. The molecular formula is C15H21NO2. The maximum Gasteiger partial charge on any atom is 0.244 e. The van der Waals surface area contributed by atoms with Gasteiger partial charge in [-0.2, -0.15) is 0 Å². The molecule has 98 valence electrons. The summed E-state index contributed by atoms with van der Waals surface area (Å²) in [5, 5.41) is 2.87. The lowest BCUT2D eigenvalue weighted by atomic mass is 10.1. The van der Waals surface area contributed by atoms with Gasteiger partial charge in [-0.25, -0.2) is 0 Å². The molecule has 0 fully saturated rings. The zero-order chi connectivity index (χ0) is 13.6. The summed E-state index contributed by atoms with van der Waals surface area (Å²) in [6.07, 6.45) is 3.33. The topological polar surface area (TPSA) is 38.3 Å². The van der Waals surface area contributed by atoms with Crippen LogP contribution < -0.4 is 10.1 Å². The molecule has 0 saturated carbocycles. The summed E-state index contributed by atoms with van der Waals surface area (Å²) in [6.45, 7) is 8.47. The first-order valence-corrected chi connectivity index (χ1v) is 6.14. The fourth-order valence-electron chi connectivity index (χ4n) is 1.43. The van der Waals surface area contributed by atoms with Gasteiger partial charge in [0.25, 0.3) is 0 Å². The molecule has 1 amide bonds. The Bertz CT molecular complexity index is 413. The summed E-state index contributed by atoms with van der Waals surface area (Å²) in [4.78, 5) is 11.6. The molecule has 0 unspecified atom stereocenters. The summed E-state index contributed by atoms with van der Waals surface area (Å²) in [5.74, 6) is 0.755. The number of benzene rings is 1. The lowest BCUT2D eigenvalue weighted by Gasteiger charge is -2.18. The van der Waals surface area contributed by atoms with E-state index >= 15 is 0 Å². The maximum atomic E-state index is 11.6. The van der Waals surface area contributed by atoms with E-state index < -0.39 is 0 Å². The molecule has 0 aromatic heterocycles. The van der Waals surface area contributed by atoms with E-state index in [1.54, 1.807) is 12.2 Å². The van der Waals surface area contributed by atoms with E-state index in [9.17, 15) is 4.79 Å². The van der Waals surface area contributed by atoms with E-state index in [1.165, 1.54) is 0 Å². The molecule has 1 N–H and O–H groups in total. The van der Waals surface area contributed by atoms with Crippen LogP contribution in [0.2, 0.25) is 0 Å². The van der Waals surface area contributed by atoms with Gasteiger partial charge in [-0.05, 0) is 51.5 Å². The monoisotopic (exact) mass is 247 g/mol.